The van der Waals surface area contributed by atoms with Crippen LogP contribution in [0.15, 0.2) is 59.0 Å². The zero-order valence-corrected chi connectivity index (χ0v) is 21.5. The van der Waals surface area contributed by atoms with Gasteiger partial charge in [-0.3, -0.25) is 9.59 Å². The van der Waals surface area contributed by atoms with Crippen LogP contribution < -0.4 is 10.1 Å². The highest BCUT2D eigenvalue weighted by atomic mass is 16.5. The molecule has 7 heteroatoms. The van der Waals surface area contributed by atoms with E-state index in [2.05, 4.69) is 42.6 Å². The molecular weight excluding hydrogens is 468 g/mol. The molecule has 0 aliphatic carbocycles. The molecule has 5 rings (SSSR count). The number of fused-ring (bicyclic) bond motifs is 1. The summed E-state index contributed by atoms with van der Waals surface area (Å²) in [6, 6.07) is 17.7. The van der Waals surface area contributed by atoms with Gasteiger partial charge in [-0.15, -0.1) is 0 Å². The molecule has 2 amide bonds. The topological polar surface area (TPSA) is 81.0 Å². The first-order valence-corrected chi connectivity index (χ1v) is 13.1. The summed E-state index contributed by atoms with van der Waals surface area (Å²) in [6.07, 6.45) is 3.36. The van der Waals surface area contributed by atoms with Crippen molar-refractivity contribution in [3.05, 3.63) is 88.4 Å². The third-order valence-corrected chi connectivity index (χ3v) is 7.14. The Kier molecular flexibility index (Phi) is 7.60. The Morgan fingerprint density at radius 1 is 1.11 bits per heavy atom. The van der Waals surface area contributed by atoms with Gasteiger partial charge in [0.1, 0.15) is 18.1 Å². The zero-order valence-electron chi connectivity index (χ0n) is 21.5. The number of hydrogen-bond donors (Lipinski definition) is 1. The summed E-state index contributed by atoms with van der Waals surface area (Å²) in [5.41, 5.74) is 4.59. The Morgan fingerprint density at radius 2 is 1.95 bits per heavy atom. The SMILES string of the molecule is CCC(=O)N1CCc2ccc(OCc3ccc(C(=O)NC[C@@H]4CCCO4)o3)cc2[C@H]1c1ccc(C)cc1. The van der Waals surface area contributed by atoms with Gasteiger partial charge in [0, 0.05) is 26.1 Å². The van der Waals surface area contributed by atoms with E-state index in [-0.39, 0.29) is 36.3 Å². The number of carbonyl (C=O) groups excluding carboxylic acids is 2. The molecule has 0 radical (unpaired) electrons. The molecule has 2 aliphatic rings. The quantitative estimate of drug-likeness (QED) is 0.471. The van der Waals surface area contributed by atoms with Crippen LogP contribution in [0.1, 0.15) is 70.8 Å². The summed E-state index contributed by atoms with van der Waals surface area (Å²) >= 11 is 0. The lowest BCUT2D eigenvalue weighted by atomic mass is 9.87. The van der Waals surface area contributed by atoms with Crippen molar-refractivity contribution in [1.82, 2.24) is 10.2 Å². The van der Waals surface area contributed by atoms with E-state index < -0.39 is 0 Å². The van der Waals surface area contributed by atoms with Gasteiger partial charge in [-0.25, -0.2) is 0 Å². The van der Waals surface area contributed by atoms with Crippen LogP contribution in [-0.4, -0.2) is 42.5 Å². The number of hydrogen-bond acceptors (Lipinski definition) is 5. The molecule has 37 heavy (non-hydrogen) atoms. The Balaban J connectivity index is 1.29. The molecule has 2 atom stereocenters. The normalized spacial score (nSPS) is 18.9. The average Bonchev–Trinajstić information content (AvgIpc) is 3.62. The molecule has 3 aromatic rings. The number of aryl methyl sites for hydroxylation is 1. The van der Waals surface area contributed by atoms with E-state index in [0.717, 1.165) is 37.0 Å². The Bertz CT molecular complexity index is 1240. The number of carbonyl (C=O) groups is 2. The fourth-order valence-electron chi connectivity index (χ4n) is 5.09. The fraction of sp³-hybridized carbons (Fsp3) is 0.400. The molecule has 2 aliphatic heterocycles. The van der Waals surface area contributed by atoms with Crippen molar-refractivity contribution >= 4 is 11.8 Å². The molecule has 0 saturated carbocycles. The molecular formula is C30H34N2O5. The molecule has 194 valence electrons. The summed E-state index contributed by atoms with van der Waals surface area (Å²) in [5, 5.41) is 2.87. The van der Waals surface area contributed by atoms with Crippen molar-refractivity contribution in [1.29, 1.82) is 0 Å². The minimum Gasteiger partial charge on any atom is -0.486 e. The van der Waals surface area contributed by atoms with Crippen LogP contribution in [0.4, 0.5) is 0 Å². The van der Waals surface area contributed by atoms with E-state index in [4.69, 9.17) is 13.9 Å². The van der Waals surface area contributed by atoms with Crippen LogP contribution in [0, 0.1) is 6.92 Å². The van der Waals surface area contributed by atoms with Crippen LogP contribution in [-0.2, 0) is 22.6 Å². The molecule has 7 nitrogen and oxygen atoms in total. The van der Waals surface area contributed by atoms with Crippen molar-refractivity contribution in [2.24, 2.45) is 0 Å². The van der Waals surface area contributed by atoms with Gasteiger partial charge >= 0.3 is 0 Å². The monoisotopic (exact) mass is 502 g/mol. The van der Waals surface area contributed by atoms with Crippen molar-refractivity contribution in [3.63, 3.8) is 0 Å². The standard InChI is InChI=1S/C30H34N2O5/c1-3-28(33)32-15-14-21-10-11-23(17-26(21)29(32)22-8-6-20(2)7-9-22)36-19-25-12-13-27(37-25)30(34)31-18-24-5-4-16-35-24/h6-13,17,24,29H,3-5,14-16,18-19H2,1-2H3,(H,31,34)/t24-,29+/m0/s1. The molecule has 0 unspecified atom stereocenters. The van der Waals surface area contributed by atoms with Crippen LogP contribution in [0.3, 0.4) is 0 Å². The third kappa shape index (κ3) is 5.72. The van der Waals surface area contributed by atoms with Crippen LogP contribution in [0.25, 0.3) is 0 Å². The third-order valence-electron chi connectivity index (χ3n) is 7.14. The summed E-state index contributed by atoms with van der Waals surface area (Å²) in [5.74, 6) is 1.41. The first-order chi connectivity index (χ1) is 18.0. The Labute approximate surface area is 217 Å². The maximum atomic E-state index is 12.8. The van der Waals surface area contributed by atoms with E-state index in [1.165, 1.54) is 11.1 Å². The van der Waals surface area contributed by atoms with Crippen molar-refractivity contribution in [2.45, 2.75) is 58.3 Å². The van der Waals surface area contributed by atoms with Gasteiger partial charge < -0.3 is 24.1 Å². The number of benzene rings is 2. The van der Waals surface area contributed by atoms with Gasteiger partial charge in [0.05, 0.1) is 12.1 Å². The van der Waals surface area contributed by atoms with Gasteiger partial charge in [0.15, 0.2) is 5.76 Å². The van der Waals surface area contributed by atoms with E-state index >= 15 is 0 Å². The summed E-state index contributed by atoms with van der Waals surface area (Å²) < 4.78 is 17.3. The lowest BCUT2D eigenvalue weighted by Gasteiger charge is -2.38. The lowest BCUT2D eigenvalue weighted by molar-refractivity contribution is -0.132. The first-order valence-electron chi connectivity index (χ1n) is 13.1. The molecule has 0 bridgehead atoms. The predicted molar refractivity (Wildman–Crippen MR) is 140 cm³/mol. The van der Waals surface area contributed by atoms with E-state index in [1.54, 1.807) is 12.1 Å². The summed E-state index contributed by atoms with van der Waals surface area (Å²) in [7, 11) is 0. The predicted octanol–water partition coefficient (Wildman–Crippen LogP) is 4.96. The van der Waals surface area contributed by atoms with E-state index in [9.17, 15) is 9.59 Å². The van der Waals surface area contributed by atoms with Gasteiger partial charge in [-0.2, -0.15) is 0 Å². The highest BCUT2D eigenvalue weighted by Gasteiger charge is 2.31. The minimum atomic E-state index is -0.253. The second-order valence-electron chi connectivity index (χ2n) is 9.76. The molecule has 2 aromatic carbocycles. The average molecular weight is 503 g/mol. The smallest absolute Gasteiger partial charge is 0.287 e. The van der Waals surface area contributed by atoms with Crippen LogP contribution in [0.2, 0.25) is 0 Å². The Hall–Kier alpha value is -3.58. The van der Waals surface area contributed by atoms with Gasteiger partial charge in [0.25, 0.3) is 5.91 Å². The molecule has 1 aromatic heterocycles. The second kappa shape index (κ2) is 11.2. The summed E-state index contributed by atoms with van der Waals surface area (Å²) in [4.78, 5) is 27.2. The molecule has 0 spiro atoms. The Morgan fingerprint density at radius 3 is 2.70 bits per heavy atom. The first kappa shape index (κ1) is 25.1. The van der Waals surface area contributed by atoms with Crippen molar-refractivity contribution in [2.75, 3.05) is 19.7 Å². The maximum absolute atomic E-state index is 12.8. The van der Waals surface area contributed by atoms with Crippen LogP contribution in [0.5, 0.6) is 5.75 Å². The number of nitrogens with one attached hydrogen (secondary N) is 1. The van der Waals surface area contributed by atoms with Crippen molar-refractivity contribution < 1.29 is 23.5 Å². The molecule has 3 heterocycles. The van der Waals surface area contributed by atoms with Gasteiger partial charge in [0.2, 0.25) is 5.91 Å². The number of furan rings is 1. The van der Waals surface area contributed by atoms with Crippen molar-refractivity contribution in [3.8, 4) is 5.75 Å². The van der Waals surface area contributed by atoms with E-state index in [0.29, 0.717) is 31.0 Å². The molecule has 1 fully saturated rings. The number of rotatable bonds is 8. The largest absolute Gasteiger partial charge is 0.486 e. The number of amides is 2. The number of ether oxygens (including phenoxy) is 2. The minimum absolute atomic E-state index is 0.0815. The number of nitrogens with zero attached hydrogens (tertiary/aromatic N) is 1. The molecule has 1 saturated heterocycles. The highest BCUT2D eigenvalue weighted by Crippen LogP contribution is 2.37. The highest BCUT2D eigenvalue weighted by molar-refractivity contribution is 5.91. The fourth-order valence-corrected chi connectivity index (χ4v) is 5.09. The zero-order chi connectivity index (χ0) is 25.8. The van der Waals surface area contributed by atoms with Crippen LogP contribution >= 0.6 is 0 Å². The molecule has 1 N–H and O–H groups in total. The van der Waals surface area contributed by atoms with E-state index in [1.807, 2.05) is 24.0 Å². The van der Waals surface area contributed by atoms with Gasteiger partial charge in [-0.05, 0) is 67.1 Å². The summed E-state index contributed by atoms with van der Waals surface area (Å²) in [6.45, 7) is 6.11. The van der Waals surface area contributed by atoms with Gasteiger partial charge in [-0.1, -0.05) is 42.8 Å². The maximum Gasteiger partial charge on any atom is 0.287 e. The lowest BCUT2D eigenvalue weighted by Crippen LogP contribution is -2.40. The second-order valence-corrected chi connectivity index (χ2v) is 9.76.